The van der Waals surface area contributed by atoms with Crippen molar-refractivity contribution < 1.29 is 14.3 Å². The van der Waals surface area contributed by atoms with Crippen LogP contribution in [0.25, 0.3) is 5.69 Å². The van der Waals surface area contributed by atoms with Gasteiger partial charge in [-0.05, 0) is 42.0 Å². The molecule has 0 saturated carbocycles. The predicted molar refractivity (Wildman–Crippen MR) is 132 cm³/mol. The van der Waals surface area contributed by atoms with Crippen LogP contribution in [0, 0.1) is 0 Å². The van der Waals surface area contributed by atoms with E-state index in [1.807, 2.05) is 18.2 Å². The number of thioether (sulfide) groups is 1. The minimum Gasteiger partial charge on any atom is -0.454 e. The summed E-state index contributed by atoms with van der Waals surface area (Å²) in [6.45, 7) is 0.524. The van der Waals surface area contributed by atoms with Crippen LogP contribution >= 0.6 is 23.4 Å². The van der Waals surface area contributed by atoms with Crippen LogP contribution in [0.15, 0.2) is 63.3 Å². The Kier molecular flexibility index (Phi) is 6.78. The highest BCUT2D eigenvalue weighted by Crippen LogP contribution is 2.32. The molecule has 5 rings (SSSR count). The van der Waals surface area contributed by atoms with Crippen molar-refractivity contribution in [2.75, 3.05) is 12.5 Å². The number of carbonyl (C=O) groups is 1. The average molecular weight is 527 g/mol. The zero-order chi connectivity index (χ0) is 25.1. The Balaban J connectivity index is 1.31. The maximum Gasteiger partial charge on any atom is 0.325 e. The van der Waals surface area contributed by atoms with Crippen molar-refractivity contribution in [2.45, 2.75) is 18.1 Å². The fraction of sp³-hybridized carbons (Fsp3) is 0.174. The van der Waals surface area contributed by atoms with Crippen LogP contribution in [0.5, 0.6) is 11.5 Å². The number of aromatic nitrogens is 5. The van der Waals surface area contributed by atoms with Gasteiger partial charge in [-0.1, -0.05) is 29.4 Å². The highest BCUT2D eigenvalue weighted by Gasteiger charge is 2.18. The quantitative estimate of drug-likeness (QED) is 0.296. The third-order valence-electron chi connectivity index (χ3n) is 5.21. The number of nitrogens with one attached hydrogen (secondary N) is 3. The molecule has 13 heteroatoms. The lowest BCUT2D eigenvalue weighted by molar-refractivity contribution is -0.118. The minimum absolute atomic E-state index is 0.0954. The van der Waals surface area contributed by atoms with E-state index in [1.54, 1.807) is 28.8 Å². The zero-order valence-electron chi connectivity index (χ0n) is 18.6. The van der Waals surface area contributed by atoms with Crippen molar-refractivity contribution in [1.82, 2.24) is 30.0 Å². The summed E-state index contributed by atoms with van der Waals surface area (Å²) in [5.41, 5.74) is 0.860. The molecule has 0 unspecified atom stereocenters. The van der Waals surface area contributed by atoms with Gasteiger partial charge in [0.05, 0.1) is 5.75 Å². The number of fused-ring (bicyclic) bond motifs is 1. The minimum atomic E-state index is -0.608. The molecule has 1 aliphatic heterocycles. The molecule has 2 aromatic heterocycles. The number of nitrogens with zero attached hydrogens (tertiary/aromatic N) is 3. The van der Waals surface area contributed by atoms with Crippen LogP contribution in [0.1, 0.15) is 17.1 Å². The number of rotatable bonds is 8. The lowest BCUT2D eigenvalue weighted by Crippen LogP contribution is -2.24. The molecule has 4 aromatic rings. The topological polar surface area (TPSA) is 144 Å². The third kappa shape index (κ3) is 5.44. The summed E-state index contributed by atoms with van der Waals surface area (Å²) in [5.74, 6) is 1.72. The van der Waals surface area contributed by atoms with E-state index in [1.165, 1.54) is 17.8 Å². The fourth-order valence-corrected chi connectivity index (χ4v) is 4.50. The number of hydrogen-bond acceptors (Lipinski definition) is 8. The summed E-state index contributed by atoms with van der Waals surface area (Å²) < 4.78 is 12.4. The summed E-state index contributed by atoms with van der Waals surface area (Å²) in [6.07, 6.45) is 0.145. The van der Waals surface area contributed by atoms with Gasteiger partial charge in [0, 0.05) is 35.4 Å². The molecule has 0 bridgehead atoms. The maximum absolute atomic E-state index is 12.5. The first-order valence-corrected chi connectivity index (χ1v) is 12.1. The second kappa shape index (κ2) is 10.3. The average Bonchev–Trinajstić information content (AvgIpc) is 3.48. The van der Waals surface area contributed by atoms with E-state index < -0.39 is 11.2 Å². The van der Waals surface area contributed by atoms with Crippen molar-refractivity contribution in [3.05, 3.63) is 91.5 Å². The predicted octanol–water partition coefficient (Wildman–Crippen LogP) is 2.03. The van der Waals surface area contributed by atoms with Gasteiger partial charge in [0.2, 0.25) is 12.7 Å². The lowest BCUT2D eigenvalue weighted by atomic mass is 10.2. The molecule has 1 amide bonds. The van der Waals surface area contributed by atoms with Gasteiger partial charge < -0.3 is 19.8 Å². The van der Waals surface area contributed by atoms with Gasteiger partial charge in [-0.25, -0.2) is 4.79 Å². The summed E-state index contributed by atoms with van der Waals surface area (Å²) in [5, 5.41) is 12.4. The molecule has 0 radical (unpaired) electrons. The van der Waals surface area contributed by atoms with Crippen LogP contribution in [0.4, 0.5) is 0 Å². The Morgan fingerprint density at radius 2 is 1.86 bits per heavy atom. The molecule has 0 fully saturated rings. The molecule has 36 heavy (non-hydrogen) atoms. The van der Waals surface area contributed by atoms with Gasteiger partial charge in [-0.15, -0.1) is 10.2 Å². The van der Waals surface area contributed by atoms with E-state index >= 15 is 0 Å². The lowest BCUT2D eigenvalue weighted by Gasteiger charge is -2.11. The highest BCUT2D eigenvalue weighted by molar-refractivity contribution is 7.99. The molecule has 1 aliphatic rings. The van der Waals surface area contributed by atoms with Gasteiger partial charge in [0.25, 0.3) is 5.56 Å². The fourth-order valence-electron chi connectivity index (χ4n) is 3.58. The number of aromatic amines is 2. The van der Waals surface area contributed by atoms with Crippen molar-refractivity contribution in [2.24, 2.45) is 0 Å². The number of halogens is 1. The summed E-state index contributed by atoms with van der Waals surface area (Å²) in [7, 11) is 0. The SMILES string of the molecule is O=C(CSc1nnc(Cc2cc(=O)[nH]c(=O)[nH]2)n1-c1ccc(Cl)cc1)NCc1ccc2c(c1)OCO2. The van der Waals surface area contributed by atoms with Crippen LogP contribution in [-0.4, -0.2) is 43.2 Å². The second-order valence-electron chi connectivity index (χ2n) is 7.75. The monoisotopic (exact) mass is 526 g/mol. The normalized spacial score (nSPS) is 12.0. The van der Waals surface area contributed by atoms with Crippen LogP contribution < -0.4 is 26.0 Å². The Morgan fingerprint density at radius 3 is 2.67 bits per heavy atom. The molecule has 3 heterocycles. The van der Waals surface area contributed by atoms with E-state index in [0.717, 1.165) is 11.3 Å². The molecule has 0 atom stereocenters. The molecule has 2 aromatic carbocycles. The van der Waals surface area contributed by atoms with Gasteiger partial charge in [0.15, 0.2) is 16.7 Å². The van der Waals surface area contributed by atoms with E-state index in [-0.39, 0.29) is 24.9 Å². The molecule has 3 N–H and O–H groups in total. The van der Waals surface area contributed by atoms with Gasteiger partial charge in [-0.3, -0.25) is 19.1 Å². The van der Waals surface area contributed by atoms with Crippen LogP contribution in [0.3, 0.4) is 0 Å². The van der Waals surface area contributed by atoms with Gasteiger partial charge >= 0.3 is 5.69 Å². The molecule has 0 saturated heterocycles. The van der Waals surface area contributed by atoms with E-state index in [2.05, 4.69) is 25.5 Å². The number of hydrogen-bond donors (Lipinski definition) is 3. The summed E-state index contributed by atoms with van der Waals surface area (Å²) in [4.78, 5) is 40.6. The molecule has 11 nitrogen and oxygen atoms in total. The standard InChI is InChI=1S/C23H19ClN6O5S/c24-14-2-4-16(5-3-14)30-19(8-15-9-20(31)27-22(33)26-15)28-29-23(30)36-11-21(32)25-10-13-1-6-17-18(7-13)35-12-34-17/h1-7,9H,8,10-12H2,(H,25,32)(H2,26,27,31,33). The van der Waals surface area contributed by atoms with E-state index in [4.69, 9.17) is 21.1 Å². The van der Waals surface area contributed by atoms with Crippen molar-refractivity contribution in [3.8, 4) is 17.2 Å². The first kappa shape index (κ1) is 23.7. The zero-order valence-corrected chi connectivity index (χ0v) is 20.2. The first-order chi connectivity index (χ1) is 17.4. The van der Waals surface area contributed by atoms with E-state index in [0.29, 0.717) is 39.7 Å². The Hall–Kier alpha value is -4.03. The largest absolute Gasteiger partial charge is 0.454 e. The van der Waals surface area contributed by atoms with Crippen molar-refractivity contribution >= 4 is 29.3 Å². The maximum atomic E-state index is 12.5. The van der Waals surface area contributed by atoms with Crippen molar-refractivity contribution in [1.29, 1.82) is 0 Å². The van der Waals surface area contributed by atoms with E-state index in [9.17, 15) is 14.4 Å². The van der Waals surface area contributed by atoms with Crippen LogP contribution in [-0.2, 0) is 17.8 Å². The smallest absolute Gasteiger partial charge is 0.325 e. The van der Waals surface area contributed by atoms with Gasteiger partial charge in [-0.2, -0.15) is 0 Å². The number of benzene rings is 2. The number of carbonyl (C=O) groups excluding carboxylic acids is 1. The van der Waals surface area contributed by atoms with Gasteiger partial charge in [0.1, 0.15) is 5.82 Å². The molecular weight excluding hydrogens is 508 g/mol. The number of H-pyrrole nitrogens is 2. The summed E-state index contributed by atoms with van der Waals surface area (Å²) in [6, 6.07) is 13.8. The molecule has 184 valence electrons. The van der Waals surface area contributed by atoms with Crippen molar-refractivity contribution in [3.63, 3.8) is 0 Å². The molecular formula is C23H19ClN6O5S. The first-order valence-electron chi connectivity index (χ1n) is 10.8. The Labute approximate surface area is 212 Å². The molecule has 0 spiro atoms. The second-order valence-corrected chi connectivity index (χ2v) is 9.13. The number of amides is 1. The summed E-state index contributed by atoms with van der Waals surface area (Å²) >= 11 is 7.25. The molecule has 0 aliphatic carbocycles. The highest BCUT2D eigenvalue weighted by atomic mass is 35.5. The number of ether oxygens (including phenoxy) is 2. The Bertz CT molecular complexity index is 1500. The Morgan fingerprint density at radius 1 is 1.06 bits per heavy atom. The van der Waals surface area contributed by atoms with Crippen LogP contribution in [0.2, 0.25) is 5.02 Å². The third-order valence-corrected chi connectivity index (χ3v) is 6.39.